The van der Waals surface area contributed by atoms with Crippen LogP contribution < -0.4 is 28.7 Å². The zero-order valence-electron chi connectivity index (χ0n) is 45.3. The fourth-order valence-electron chi connectivity index (χ4n) is 15.7. The lowest BCUT2D eigenvalue weighted by atomic mass is 9.68. The van der Waals surface area contributed by atoms with E-state index in [0.29, 0.717) is 73.4 Å². The molecule has 4 heterocycles. The quantitative estimate of drug-likeness (QED) is 0.131. The van der Waals surface area contributed by atoms with Gasteiger partial charge in [-0.3, -0.25) is 9.59 Å². The number of benzene rings is 4. The highest BCUT2D eigenvalue weighted by Gasteiger charge is 2.51. The molecule has 4 aliphatic heterocycles. The number of nitrogens with zero attached hydrogens (tertiary/aromatic N) is 2. The van der Waals surface area contributed by atoms with E-state index in [4.69, 9.17) is 32.7 Å². The van der Waals surface area contributed by atoms with Gasteiger partial charge in [0.25, 0.3) is 11.8 Å². The van der Waals surface area contributed by atoms with Crippen molar-refractivity contribution in [2.75, 3.05) is 49.2 Å². The standard InChI is InChI=1S/2C31H37ClN2O5S/c2*32-23-8-10-25-19(13-23)4-2-12-31(25)17-34-16-22-6-9-24(22)27(35)5-1-3-20-15-29(20)40(37,38)33-30(36)21-7-11-28(39-18-31)26(34)14-21/h2*7-8,10-11,13-14,20,22,24,27,29,35H,1-6,9,12,15-18H2,(H,33,36)/t20-,22+,24-,27+,29-,31+;20-,22-,24+,27-,29-,31-/m10/s1. The van der Waals surface area contributed by atoms with Crippen LogP contribution in [0.25, 0.3) is 0 Å². The summed E-state index contributed by atoms with van der Waals surface area (Å²) in [6, 6.07) is 22.9. The molecule has 4 aromatic rings. The molecular weight excluding hydrogens is 1100 g/mol. The largest absolute Gasteiger partial charge is 0.490 e. The van der Waals surface area contributed by atoms with Crippen molar-refractivity contribution in [3.8, 4) is 11.5 Å². The summed E-state index contributed by atoms with van der Waals surface area (Å²) in [6.45, 7) is 4.01. The van der Waals surface area contributed by atoms with Gasteiger partial charge in [-0.25, -0.2) is 26.3 Å². The minimum absolute atomic E-state index is 0.0583. The lowest BCUT2D eigenvalue weighted by molar-refractivity contribution is 0.00872. The first-order chi connectivity index (χ1) is 38.4. The van der Waals surface area contributed by atoms with E-state index < -0.39 is 42.4 Å². The zero-order valence-corrected chi connectivity index (χ0v) is 48.4. The molecule has 0 saturated heterocycles. The van der Waals surface area contributed by atoms with Gasteiger partial charge >= 0.3 is 0 Å². The van der Waals surface area contributed by atoms with E-state index >= 15 is 0 Å². The van der Waals surface area contributed by atoms with Gasteiger partial charge in [-0.1, -0.05) is 48.2 Å². The Morgan fingerprint density at radius 2 is 0.963 bits per heavy atom. The molecule has 428 valence electrons. The summed E-state index contributed by atoms with van der Waals surface area (Å²) in [7, 11) is -7.51. The maximum Gasteiger partial charge on any atom is 0.264 e. The summed E-state index contributed by atoms with van der Waals surface area (Å²) in [5, 5.41) is 22.7. The Morgan fingerprint density at radius 3 is 1.38 bits per heavy atom. The van der Waals surface area contributed by atoms with E-state index in [1.165, 1.54) is 22.3 Å². The lowest BCUT2D eigenvalue weighted by Gasteiger charge is -2.45. The summed E-state index contributed by atoms with van der Waals surface area (Å²) in [4.78, 5) is 31.2. The third-order valence-electron chi connectivity index (χ3n) is 20.6. The van der Waals surface area contributed by atoms with Crippen molar-refractivity contribution in [2.45, 2.75) is 149 Å². The first kappa shape index (κ1) is 54.7. The summed E-state index contributed by atoms with van der Waals surface area (Å²) >= 11 is 12.8. The second kappa shape index (κ2) is 21.2. The van der Waals surface area contributed by atoms with Crippen molar-refractivity contribution in [1.82, 2.24) is 9.44 Å². The van der Waals surface area contributed by atoms with Crippen molar-refractivity contribution >= 4 is 66.4 Å². The van der Waals surface area contributed by atoms with Crippen molar-refractivity contribution in [3.05, 3.63) is 116 Å². The van der Waals surface area contributed by atoms with Gasteiger partial charge < -0.3 is 29.5 Å². The number of amides is 2. The molecule has 2 amide bonds. The van der Waals surface area contributed by atoms with Crippen LogP contribution in [0.1, 0.15) is 146 Å². The number of carbonyl (C=O) groups excluding carboxylic acids is 2. The lowest BCUT2D eigenvalue weighted by Crippen LogP contribution is -2.49. The maximum absolute atomic E-state index is 13.2. The predicted molar refractivity (Wildman–Crippen MR) is 309 cm³/mol. The molecule has 4 N–H and O–H groups in total. The molecule has 10 aliphatic rings. The number of aliphatic hydroxyl groups is 2. The molecule has 0 unspecified atom stereocenters. The number of rotatable bonds is 0. The van der Waals surface area contributed by atoms with Crippen LogP contribution >= 0.6 is 23.2 Å². The molecule has 4 bridgehead atoms. The Balaban J connectivity index is 0.000000151. The van der Waals surface area contributed by atoms with Crippen molar-refractivity contribution in [1.29, 1.82) is 0 Å². The third kappa shape index (κ3) is 10.5. The van der Waals surface area contributed by atoms with Gasteiger partial charge in [-0.05, 0) is 221 Å². The Labute approximate surface area is 480 Å². The number of aryl methyl sites for hydroxylation is 2. The molecule has 2 spiro atoms. The molecule has 4 aromatic carbocycles. The topological polar surface area (TPSA) is 192 Å². The van der Waals surface area contributed by atoms with Crippen molar-refractivity contribution < 1.29 is 46.1 Å². The number of sulfonamides is 2. The number of hydrogen-bond acceptors (Lipinski definition) is 12. The van der Waals surface area contributed by atoms with Gasteiger partial charge in [0.2, 0.25) is 20.0 Å². The molecule has 14 rings (SSSR count). The number of halogens is 2. The average molecular weight is 1170 g/mol. The Bertz CT molecular complexity index is 3110. The molecule has 6 aliphatic carbocycles. The van der Waals surface area contributed by atoms with Crippen LogP contribution in [-0.2, 0) is 43.7 Å². The first-order valence-corrected chi connectivity index (χ1v) is 33.4. The number of carbonyl (C=O) groups is 2. The Morgan fingerprint density at radius 1 is 0.525 bits per heavy atom. The van der Waals surface area contributed by atoms with E-state index in [9.17, 15) is 36.6 Å². The monoisotopic (exact) mass is 1170 g/mol. The highest BCUT2D eigenvalue weighted by molar-refractivity contribution is 7.91. The third-order valence-corrected chi connectivity index (χ3v) is 24.7. The molecule has 18 heteroatoms. The van der Waals surface area contributed by atoms with E-state index in [2.05, 4.69) is 43.5 Å². The number of aliphatic hydroxyl groups excluding tert-OH is 2. The number of hydrogen-bond donors (Lipinski definition) is 4. The molecular formula is C62H74Cl2N4O10S2. The van der Waals surface area contributed by atoms with Gasteiger partial charge in [0.1, 0.15) is 11.5 Å². The van der Waals surface area contributed by atoms with Crippen LogP contribution in [0.15, 0.2) is 72.8 Å². The normalized spacial score (nSPS) is 34.7. The second-order valence-electron chi connectivity index (χ2n) is 25.6. The van der Waals surface area contributed by atoms with Crippen LogP contribution in [0.3, 0.4) is 0 Å². The minimum atomic E-state index is -3.75. The van der Waals surface area contributed by atoms with Crippen LogP contribution in [0, 0.1) is 35.5 Å². The Kier molecular flexibility index (Phi) is 14.5. The highest BCUT2D eigenvalue weighted by atomic mass is 35.5. The smallest absolute Gasteiger partial charge is 0.264 e. The van der Waals surface area contributed by atoms with E-state index in [-0.39, 0.29) is 46.7 Å². The molecule has 4 saturated carbocycles. The number of fused-ring (bicyclic) bond motifs is 10. The van der Waals surface area contributed by atoms with E-state index in [1.54, 1.807) is 24.3 Å². The number of anilines is 2. The molecule has 12 atom stereocenters. The van der Waals surface area contributed by atoms with Gasteiger partial charge in [-0.2, -0.15) is 0 Å². The van der Waals surface area contributed by atoms with Gasteiger partial charge in [-0.15, -0.1) is 0 Å². The van der Waals surface area contributed by atoms with Crippen LogP contribution in [0.2, 0.25) is 10.0 Å². The summed E-state index contributed by atoms with van der Waals surface area (Å²) in [6.07, 6.45) is 15.1. The predicted octanol–water partition coefficient (Wildman–Crippen LogP) is 9.66. The van der Waals surface area contributed by atoms with Gasteiger partial charge in [0.15, 0.2) is 0 Å². The van der Waals surface area contributed by atoms with Crippen LogP contribution in [-0.4, -0.2) is 101 Å². The zero-order chi connectivity index (χ0) is 55.3. The first-order valence-electron chi connectivity index (χ1n) is 29.5. The fourth-order valence-corrected chi connectivity index (χ4v) is 19.4. The molecule has 0 radical (unpaired) electrons. The molecule has 4 fully saturated rings. The molecule has 80 heavy (non-hydrogen) atoms. The van der Waals surface area contributed by atoms with Gasteiger partial charge in [0.05, 0.1) is 47.3 Å². The van der Waals surface area contributed by atoms with Gasteiger partial charge in [0, 0.05) is 58.2 Å². The molecule has 0 aromatic heterocycles. The van der Waals surface area contributed by atoms with E-state index in [1.807, 2.05) is 24.3 Å². The minimum Gasteiger partial charge on any atom is -0.490 e. The van der Waals surface area contributed by atoms with Crippen LogP contribution in [0.4, 0.5) is 11.4 Å². The van der Waals surface area contributed by atoms with Crippen LogP contribution in [0.5, 0.6) is 11.5 Å². The highest BCUT2D eigenvalue weighted by Crippen LogP contribution is 2.51. The average Bonchev–Trinajstić information content (AvgIpc) is 4.40. The van der Waals surface area contributed by atoms with E-state index in [0.717, 1.165) is 137 Å². The number of nitrogens with one attached hydrogen (secondary N) is 2. The maximum atomic E-state index is 13.2. The summed E-state index contributed by atoms with van der Waals surface area (Å²) < 4.78 is 69.7. The fraction of sp³-hybridized carbons (Fsp3) is 0.581. The summed E-state index contributed by atoms with van der Waals surface area (Å²) in [5.41, 5.74) is 6.89. The van der Waals surface area contributed by atoms with Crippen molar-refractivity contribution in [3.63, 3.8) is 0 Å². The second-order valence-corrected chi connectivity index (χ2v) is 30.3. The van der Waals surface area contributed by atoms with Crippen molar-refractivity contribution in [2.24, 2.45) is 35.5 Å². The summed E-state index contributed by atoms with van der Waals surface area (Å²) in [5.74, 6) is 1.53. The Hall–Kier alpha value is -4.58. The molecule has 14 nitrogen and oxygen atoms in total. The SMILES string of the molecule is O=C1NS(=O)(=O)[C@@H]2C[C@H]2CCC[C@H](O)[C@@H]2CC[C@H]2CN2C[C@@]3(CCCc4cc(Cl)ccc43)COc3ccc1cc32.O=C1NS(=O)(=O)[C@H]2C[C@@H]2CCC[C@H](O)[C@@H]2CC[C@H]2CN2C[C@@]3(CCCc4cc(Cl)ccc43)COc3ccc1cc32. The number of ether oxygens (including phenoxy) is 2.